The zero-order valence-corrected chi connectivity index (χ0v) is 13.4. The highest BCUT2D eigenvalue weighted by molar-refractivity contribution is 6.32. The minimum Gasteiger partial charge on any atom is -0.331 e. The van der Waals surface area contributed by atoms with Gasteiger partial charge in [0.05, 0.1) is 4.92 Å². The van der Waals surface area contributed by atoms with Crippen LogP contribution in [0.25, 0.3) is 0 Å². The first-order chi connectivity index (χ1) is 11.5. The molecule has 5 nitrogen and oxygen atoms in total. The normalized spacial score (nSPS) is 13.6. The SMILES string of the molecule is O=C(c1ccc(Cl)c([N+](=O)[O-])c1)N(Cc1ccccc1F)C1CC1. The number of carbonyl (C=O) groups excluding carboxylic acids is 1. The van der Waals surface area contributed by atoms with Crippen LogP contribution in [0, 0.1) is 15.9 Å². The van der Waals surface area contributed by atoms with E-state index in [1.807, 2.05) is 0 Å². The lowest BCUT2D eigenvalue weighted by Gasteiger charge is -2.23. The molecule has 2 aromatic carbocycles. The van der Waals surface area contributed by atoms with E-state index in [4.69, 9.17) is 11.6 Å². The van der Waals surface area contributed by atoms with E-state index in [2.05, 4.69) is 0 Å². The molecule has 0 saturated heterocycles. The van der Waals surface area contributed by atoms with Crippen molar-refractivity contribution >= 4 is 23.2 Å². The van der Waals surface area contributed by atoms with Gasteiger partial charge in [-0.15, -0.1) is 0 Å². The van der Waals surface area contributed by atoms with E-state index >= 15 is 0 Å². The lowest BCUT2D eigenvalue weighted by atomic mass is 10.1. The quantitative estimate of drug-likeness (QED) is 0.601. The van der Waals surface area contributed by atoms with Gasteiger partial charge in [-0.3, -0.25) is 14.9 Å². The number of nitro groups is 1. The molecule has 0 bridgehead atoms. The van der Waals surface area contributed by atoms with Crippen molar-refractivity contribution in [2.24, 2.45) is 0 Å². The highest BCUT2D eigenvalue weighted by Gasteiger charge is 2.34. The topological polar surface area (TPSA) is 63.4 Å². The predicted molar refractivity (Wildman–Crippen MR) is 87.4 cm³/mol. The number of nitrogens with zero attached hydrogens (tertiary/aromatic N) is 2. The predicted octanol–water partition coefficient (Wildman–Crippen LogP) is 4.19. The van der Waals surface area contributed by atoms with Crippen molar-refractivity contribution in [2.45, 2.75) is 25.4 Å². The Bertz CT molecular complexity index is 808. The number of amides is 1. The minimum atomic E-state index is -0.628. The molecule has 2 aromatic rings. The molecule has 0 aromatic heterocycles. The molecule has 0 unspecified atom stereocenters. The summed E-state index contributed by atoms with van der Waals surface area (Å²) in [4.78, 5) is 24.7. The molecule has 1 amide bonds. The van der Waals surface area contributed by atoms with Crippen molar-refractivity contribution in [3.63, 3.8) is 0 Å². The van der Waals surface area contributed by atoms with Crippen LogP contribution in [0.3, 0.4) is 0 Å². The average molecular weight is 349 g/mol. The number of hydrogen-bond acceptors (Lipinski definition) is 3. The number of hydrogen-bond donors (Lipinski definition) is 0. The lowest BCUT2D eigenvalue weighted by Crippen LogP contribution is -2.33. The molecular weight excluding hydrogens is 335 g/mol. The fourth-order valence-corrected chi connectivity index (χ4v) is 2.70. The van der Waals surface area contributed by atoms with Crippen molar-refractivity contribution in [3.8, 4) is 0 Å². The van der Waals surface area contributed by atoms with E-state index in [9.17, 15) is 19.3 Å². The van der Waals surface area contributed by atoms with Gasteiger partial charge in [-0.1, -0.05) is 29.8 Å². The lowest BCUT2D eigenvalue weighted by molar-refractivity contribution is -0.384. The van der Waals surface area contributed by atoms with Crippen molar-refractivity contribution in [1.82, 2.24) is 4.90 Å². The summed E-state index contributed by atoms with van der Waals surface area (Å²) in [5, 5.41) is 11.0. The average Bonchev–Trinajstić information content (AvgIpc) is 3.38. The maximum absolute atomic E-state index is 13.9. The summed E-state index contributed by atoms with van der Waals surface area (Å²) in [6, 6.07) is 10.3. The Morgan fingerprint density at radius 3 is 2.62 bits per heavy atom. The number of halogens is 2. The molecule has 7 heteroatoms. The first-order valence-electron chi connectivity index (χ1n) is 7.45. The van der Waals surface area contributed by atoms with Crippen molar-refractivity contribution in [1.29, 1.82) is 0 Å². The van der Waals surface area contributed by atoms with Crippen LogP contribution in [0.4, 0.5) is 10.1 Å². The van der Waals surface area contributed by atoms with Crippen LogP contribution in [0.2, 0.25) is 5.02 Å². The Morgan fingerprint density at radius 1 is 1.29 bits per heavy atom. The van der Waals surface area contributed by atoms with Crippen LogP contribution in [0.5, 0.6) is 0 Å². The molecule has 0 heterocycles. The second-order valence-corrected chi connectivity index (χ2v) is 6.09. The summed E-state index contributed by atoms with van der Waals surface area (Å²) in [6.45, 7) is 0.132. The van der Waals surface area contributed by atoms with Gasteiger partial charge in [-0.25, -0.2) is 4.39 Å². The molecule has 1 aliphatic carbocycles. The molecule has 0 radical (unpaired) electrons. The second-order valence-electron chi connectivity index (χ2n) is 5.68. The zero-order chi connectivity index (χ0) is 17.3. The minimum absolute atomic E-state index is 0.0244. The number of rotatable bonds is 5. The molecule has 1 aliphatic rings. The number of nitro benzene ring substituents is 1. The summed E-state index contributed by atoms with van der Waals surface area (Å²) < 4.78 is 13.9. The van der Waals surface area contributed by atoms with E-state index in [-0.39, 0.29) is 40.6 Å². The van der Waals surface area contributed by atoms with Gasteiger partial charge in [-0.05, 0) is 31.0 Å². The van der Waals surface area contributed by atoms with Gasteiger partial charge in [0, 0.05) is 29.8 Å². The smallest absolute Gasteiger partial charge is 0.288 e. The Hall–Kier alpha value is -2.47. The third kappa shape index (κ3) is 3.38. The standard InChI is InChI=1S/C17H14ClFN2O3/c18-14-8-5-11(9-16(14)21(23)24)17(22)20(13-6-7-13)10-12-3-1-2-4-15(12)19/h1-5,8-9,13H,6-7,10H2. The van der Waals surface area contributed by atoms with E-state index < -0.39 is 4.92 Å². The number of carbonyl (C=O) groups is 1. The van der Waals surface area contributed by atoms with Crippen LogP contribution in [-0.4, -0.2) is 21.8 Å². The molecule has 1 fully saturated rings. The van der Waals surface area contributed by atoms with Gasteiger partial charge in [0.2, 0.25) is 0 Å². The molecule has 3 rings (SSSR count). The van der Waals surface area contributed by atoms with Gasteiger partial charge in [-0.2, -0.15) is 0 Å². The summed E-state index contributed by atoms with van der Waals surface area (Å²) in [5.74, 6) is -0.737. The molecule has 0 spiro atoms. The largest absolute Gasteiger partial charge is 0.331 e. The Labute approximate surface area is 142 Å². The van der Waals surface area contributed by atoms with Gasteiger partial charge >= 0.3 is 0 Å². The van der Waals surface area contributed by atoms with Crippen LogP contribution < -0.4 is 0 Å². The van der Waals surface area contributed by atoms with E-state index in [0.717, 1.165) is 12.8 Å². The first kappa shape index (κ1) is 16.4. The monoisotopic (exact) mass is 348 g/mol. The summed E-state index contributed by atoms with van der Waals surface area (Å²) in [6.07, 6.45) is 1.69. The maximum Gasteiger partial charge on any atom is 0.288 e. The first-order valence-corrected chi connectivity index (χ1v) is 7.83. The summed E-state index contributed by atoms with van der Waals surface area (Å²) in [5.41, 5.74) is 0.278. The van der Waals surface area contributed by atoms with E-state index in [1.165, 1.54) is 24.3 Å². The molecule has 1 saturated carbocycles. The van der Waals surface area contributed by atoms with Crippen LogP contribution in [0.15, 0.2) is 42.5 Å². The van der Waals surface area contributed by atoms with Gasteiger partial charge in [0.25, 0.3) is 11.6 Å². The third-order valence-corrected chi connectivity index (χ3v) is 4.26. The highest BCUT2D eigenvalue weighted by Crippen LogP contribution is 2.32. The van der Waals surface area contributed by atoms with Crippen molar-refractivity contribution in [3.05, 3.63) is 74.5 Å². The number of benzene rings is 2. The molecular formula is C17H14ClFN2O3. The fourth-order valence-electron chi connectivity index (χ4n) is 2.51. The molecule has 0 aliphatic heterocycles. The Morgan fingerprint density at radius 2 is 2.00 bits per heavy atom. The van der Waals surface area contributed by atoms with E-state index in [1.54, 1.807) is 23.1 Å². The molecule has 124 valence electrons. The second kappa shape index (κ2) is 6.57. The van der Waals surface area contributed by atoms with E-state index in [0.29, 0.717) is 5.56 Å². The van der Waals surface area contributed by atoms with Gasteiger partial charge in [0.15, 0.2) is 0 Å². The van der Waals surface area contributed by atoms with Crippen LogP contribution in [0.1, 0.15) is 28.8 Å². The van der Waals surface area contributed by atoms with Crippen molar-refractivity contribution < 1.29 is 14.1 Å². The fraction of sp³-hybridized carbons (Fsp3) is 0.235. The Kier molecular flexibility index (Phi) is 4.49. The summed E-state index contributed by atoms with van der Waals surface area (Å²) in [7, 11) is 0. The van der Waals surface area contributed by atoms with Gasteiger partial charge < -0.3 is 4.90 Å². The molecule has 0 N–H and O–H groups in total. The highest BCUT2D eigenvalue weighted by atomic mass is 35.5. The van der Waals surface area contributed by atoms with Gasteiger partial charge in [0.1, 0.15) is 10.8 Å². The van der Waals surface area contributed by atoms with Crippen molar-refractivity contribution in [2.75, 3.05) is 0 Å². The van der Waals surface area contributed by atoms with Crippen LogP contribution >= 0.6 is 11.6 Å². The zero-order valence-electron chi connectivity index (χ0n) is 12.6. The molecule has 0 atom stereocenters. The van der Waals surface area contributed by atoms with Crippen LogP contribution in [-0.2, 0) is 6.54 Å². The third-order valence-electron chi connectivity index (χ3n) is 3.94. The molecule has 24 heavy (non-hydrogen) atoms. The summed E-state index contributed by atoms with van der Waals surface area (Å²) >= 11 is 5.78. The Balaban J connectivity index is 1.89. The maximum atomic E-state index is 13.9.